The number of nitrogens with zero attached hydrogens (tertiary/aromatic N) is 3. The van der Waals surface area contributed by atoms with Crippen LogP contribution >= 0.6 is 0 Å². The van der Waals surface area contributed by atoms with E-state index in [0.29, 0.717) is 30.5 Å². The van der Waals surface area contributed by atoms with Crippen LogP contribution in [0.4, 0.5) is 4.39 Å². The fraction of sp³-hybridized carbons (Fsp3) is 0.188. The highest BCUT2D eigenvalue weighted by molar-refractivity contribution is 5.92. The predicted molar refractivity (Wildman–Crippen MR) is 80.1 cm³/mol. The van der Waals surface area contributed by atoms with Gasteiger partial charge in [-0.15, -0.1) is 0 Å². The third-order valence-electron chi connectivity index (χ3n) is 3.31. The molecule has 2 aromatic heterocycles. The van der Waals surface area contributed by atoms with E-state index in [1.165, 1.54) is 12.1 Å². The highest BCUT2D eigenvalue weighted by Crippen LogP contribution is 2.07. The van der Waals surface area contributed by atoms with E-state index in [0.717, 1.165) is 5.56 Å². The molecule has 2 heterocycles. The van der Waals surface area contributed by atoms with E-state index in [1.807, 2.05) is 0 Å². The number of nitrogens with one attached hydrogen (secondary N) is 1. The molecular weight excluding hydrogens is 299 g/mol. The molecule has 7 heteroatoms. The van der Waals surface area contributed by atoms with Crippen molar-refractivity contribution in [2.45, 2.75) is 20.0 Å². The van der Waals surface area contributed by atoms with Crippen molar-refractivity contribution in [3.05, 3.63) is 71.4 Å². The summed E-state index contributed by atoms with van der Waals surface area (Å²) in [6.07, 6.45) is 1.78. The number of benzene rings is 1. The molecule has 0 aliphatic rings. The van der Waals surface area contributed by atoms with Gasteiger partial charge in [0.15, 0.2) is 5.82 Å². The van der Waals surface area contributed by atoms with Crippen LogP contribution in [0.15, 0.2) is 47.1 Å². The van der Waals surface area contributed by atoms with E-state index in [-0.39, 0.29) is 11.7 Å². The quantitative estimate of drug-likeness (QED) is 0.784. The second-order valence-corrected chi connectivity index (χ2v) is 5.06. The zero-order chi connectivity index (χ0) is 16.2. The van der Waals surface area contributed by atoms with Gasteiger partial charge in [0.2, 0.25) is 5.89 Å². The maximum absolute atomic E-state index is 12.9. The maximum Gasteiger partial charge on any atom is 0.268 e. The first kappa shape index (κ1) is 15.0. The number of carbonyl (C=O) groups excluding carboxylic acids is 1. The van der Waals surface area contributed by atoms with Gasteiger partial charge in [-0.05, 0) is 29.8 Å². The molecule has 23 heavy (non-hydrogen) atoms. The van der Waals surface area contributed by atoms with Gasteiger partial charge in [-0.1, -0.05) is 17.3 Å². The van der Waals surface area contributed by atoms with Gasteiger partial charge in [-0.25, -0.2) is 4.39 Å². The Kier molecular flexibility index (Phi) is 4.18. The minimum atomic E-state index is -0.302. The summed E-state index contributed by atoms with van der Waals surface area (Å²) in [7, 11) is 0. The first-order valence-electron chi connectivity index (χ1n) is 7.09. The highest BCUT2D eigenvalue weighted by atomic mass is 19.1. The third kappa shape index (κ3) is 3.63. The first-order valence-corrected chi connectivity index (χ1v) is 7.09. The zero-order valence-electron chi connectivity index (χ0n) is 12.5. The Labute approximate surface area is 131 Å². The highest BCUT2D eigenvalue weighted by Gasteiger charge is 2.12. The molecule has 0 saturated heterocycles. The SMILES string of the molecule is Cc1nc(Cn2cccc2C(=O)NCc2ccc(F)cc2)no1. The standard InChI is InChI=1S/C16H15FN4O2/c1-11-19-15(20-23-11)10-21-8-2-3-14(21)16(22)18-9-12-4-6-13(17)7-5-12/h2-8H,9-10H2,1H3,(H,18,22). The lowest BCUT2D eigenvalue weighted by Crippen LogP contribution is -2.25. The van der Waals surface area contributed by atoms with Crippen LogP contribution in [0.3, 0.4) is 0 Å². The Balaban J connectivity index is 1.65. The number of hydrogen-bond donors (Lipinski definition) is 1. The van der Waals surface area contributed by atoms with Gasteiger partial charge in [0.1, 0.15) is 11.5 Å². The molecule has 0 aliphatic carbocycles. The van der Waals surface area contributed by atoms with E-state index in [1.54, 1.807) is 42.0 Å². The molecule has 0 fully saturated rings. The maximum atomic E-state index is 12.9. The van der Waals surface area contributed by atoms with Crippen LogP contribution < -0.4 is 5.32 Å². The summed E-state index contributed by atoms with van der Waals surface area (Å²) in [5.41, 5.74) is 1.32. The average molecular weight is 314 g/mol. The lowest BCUT2D eigenvalue weighted by Gasteiger charge is -2.08. The fourth-order valence-electron chi connectivity index (χ4n) is 2.19. The Bertz CT molecular complexity index is 808. The largest absolute Gasteiger partial charge is 0.347 e. The van der Waals surface area contributed by atoms with Crippen LogP contribution in [0.2, 0.25) is 0 Å². The molecule has 0 bridgehead atoms. The molecule has 0 radical (unpaired) electrons. The van der Waals surface area contributed by atoms with Crippen molar-refractivity contribution in [2.24, 2.45) is 0 Å². The predicted octanol–water partition coefficient (Wildman–Crippen LogP) is 2.30. The van der Waals surface area contributed by atoms with E-state index in [9.17, 15) is 9.18 Å². The van der Waals surface area contributed by atoms with Gasteiger partial charge < -0.3 is 14.4 Å². The molecular formula is C16H15FN4O2. The molecule has 0 saturated carbocycles. The van der Waals surface area contributed by atoms with Crippen molar-refractivity contribution in [3.8, 4) is 0 Å². The van der Waals surface area contributed by atoms with Gasteiger partial charge in [-0.3, -0.25) is 4.79 Å². The molecule has 118 valence electrons. The average Bonchev–Trinajstić information content (AvgIpc) is 3.16. The fourth-order valence-corrected chi connectivity index (χ4v) is 2.19. The van der Waals surface area contributed by atoms with Crippen molar-refractivity contribution in [3.63, 3.8) is 0 Å². The molecule has 3 aromatic rings. The number of aryl methyl sites for hydroxylation is 1. The second kappa shape index (κ2) is 6.43. The van der Waals surface area contributed by atoms with Gasteiger partial charge in [0.05, 0.1) is 6.54 Å². The summed E-state index contributed by atoms with van der Waals surface area (Å²) in [6.45, 7) is 2.39. The minimum Gasteiger partial charge on any atom is -0.347 e. The molecule has 0 atom stereocenters. The van der Waals surface area contributed by atoms with E-state index < -0.39 is 0 Å². The van der Waals surface area contributed by atoms with Crippen molar-refractivity contribution in [1.82, 2.24) is 20.0 Å². The summed E-state index contributed by atoms with van der Waals surface area (Å²) >= 11 is 0. The zero-order valence-corrected chi connectivity index (χ0v) is 12.5. The van der Waals surface area contributed by atoms with Crippen LogP contribution in [0, 0.1) is 12.7 Å². The van der Waals surface area contributed by atoms with Crippen LogP contribution in [0.1, 0.15) is 27.8 Å². The van der Waals surface area contributed by atoms with Crippen LogP contribution in [-0.4, -0.2) is 20.6 Å². The summed E-state index contributed by atoms with van der Waals surface area (Å²) in [6, 6.07) is 9.49. The Morgan fingerprint density at radius 2 is 2.09 bits per heavy atom. The van der Waals surface area contributed by atoms with Crippen molar-refractivity contribution < 1.29 is 13.7 Å². The number of rotatable bonds is 5. The Morgan fingerprint density at radius 1 is 1.30 bits per heavy atom. The smallest absolute Gasteiger partial charge is 0.268 e. The summed E-state index contributed by atoms with van der Waals surface area (Å²) in [5, 5.41) is 6.62. The molecule has 0 unspecified atom stereocenters. The second-order valence-electron chi connectivity index (χ2n) is 5.06. The minimum absolute atomic E-state index is 0.223. The molecule has 6 nitrogen and oxygen atoms in total. The van der Waals surface area contributed by atoms with Gasteiger partial charge in [-0.2, -0.15) is 4.98 Å². The number of aromatic nitrogens is 3. The van der Waals surface area contributed by atoms with Crippen molar-refractivity contribution in [2.75, 3.05) is 0 Å². The number of hydrogen-bond acceptors (Lipinski definition) is 4. The molecule has 1 N–H and O–H groups in total. The lowest BCUT2D eigenvalue weighted by atomic mass is 10.2. The van der Waals surface area contributed by atoms with Crippen molar-refractivity contribution in [1.29, 1.82) is 0 Å². The van der Waals surface area contributed by atoms with Gasteiger partial charge >= 0.3 is 0 Å². The summed E-state index contributed by atoms with van der Waals surface area (Å²) in [5.74, 6) is 0.463. The monoisotopic (exact) mass is 314 g/mol. The van der Waals surface area contributed by atoms with E-state index in [2.05, 4.69) is 15.5 Å². The first-order chi connectivity index (χ1) is 11.1. The molecule has 1 amide bonds. The molecule has 3 rings (SSSR count). The van der Waals surface area contributed by atoms with E-state index in [4.69, 9.17) is 4.52 Å². The Morgan fingerprint density at radius 3 is 2.78 bits per heavy atom. The van der Waals surface area contributed by atoms with Crippen molar-refractivity contribution >= 4 is 5.91 Å². The third-order valence-corrected chi connectivity index (χ3v) is 3.31. The molecule has 0 aliphatic heterocycles. The van der Waals surface area contributed by atoms with Gasteiger partial charge in [0.25, 0.3) is 5.91 Å². The summed E-state index contributed by atoms with van der Waals surface area (Å²) < 4.78 is 19.5. The molecule has 1 aromatic carbocycles. The summed E-state index contributed by atoms with van der Waals surface area (Å²) in [4.78, 5) is 16.4. The number of halogens is 1. The molecule has 0 spiro atoms. The van der Waals surface area contributed by atoms with E-state index >= 15 is 0 Å². The van der Waals surface area contributed by atoms with Crippen LogP contribution in [0.5, 0.6) is 0 Å². The number of amides is 1. The van der Waals surface area contributed by atoms with Crippen LogP contribution in [-0.2, 0) is 13.1 Å². The topological polar surface area (TPSA) is 73.0 Å². The van der Waals surface area contributed by atoms with Crippen LogP contribution in [0.25, 0.3) is 0 Å². The normalized spacial score (nSPS) is 10.7. The lowest BCUT2D eigenvalue weighted by molar-refractivity contribution is 0.0942. The number of carbonyl (C=O) groups is 1. The van der Waals surface area contributed by atoms with Gasteiger partial charge in [0, 0.05) is 19.7 Å². The Hall–Kier alpha value is -2.96.